The molecule has 0 aliphatic heterocycles. The van der Waals surface area contributed by atoms with Crippen LogP contribution in [0.1, 0.15) is 27.5 Å². The number of aryl methyl sites for hydroxylation is 2. The van der Waals surface area contributed by atoms with E-state index in [1.54, 1.807) is 18.4 Å². The van der Waals surface area contributed by atoms with E-state index in [-0.39, 0.29) is 0 Å². The largest absolute Gasteiger partial charge is 0.493 e. The lowest BCUT2D eigenvalue weighted by molar-refractivity contribution is 0.281. The van der Waals surface area contributed by atoms with Crippen molar-refractivity contribution in [3.63, 3.8) is 0 Å². The molecule has 0 aliphatic rings. The van der Waals surface area contributed by atoms with Gasteiger partial charge in [0.15, 0.2) is 11.5 Å². The number of thiophene rings is 1. The van der Waals surface area contributed by atoms with Gasteiger partial charge < -0.3 is 19.3 Å². The molecule has 6 heteroatoms. The molecule has 26 heavy (non-hydrogen) atoms. The number of benzene rings is 1. The Kier molecular flexibility index (Phi) is 6.30. The molecule has 0 saturated carbocycles. The molecule has 1 N–H and O–H groups in total. The van der Waals surface area contributed by atoms with Gasteiger partial charge in [0, 0.05) is 18.0 Å². The maximum absolute atomic E-state index is 5.92. The monoisotopic (exact) mass is 372 g/mol. The average molecular weight is 372 g/mol. The normalized spacial score (nSPS) is 10.9. The van der Waals surface area contributed by atoms with Gasteiger partial charge in [0.1, 0.15) is 12.4 Å². The SMILES string of the molecule is COc1cc(CNCCc2cccs2)ccc1OCc1c(C)noc1C. The molecule has 0 radical (unpaired) electrons. The Morgan fingerprint density at radius 1 is 1.19 bits per heavy atom. The maximum Gasteiger partial charge on any atom is 0.161 e. The first-order chi connectivity index (χ1) is 12.7. The first-order valence-corrected chi connectivity index (χ1v) is 9.50. The van der Waals surface area contributed by atoms with Gasteiger partial charge in [0.25, 0.3) is 0 Å². The molecule has 0 bridgehead atoms. The van der Waals surface area contributed by atoms with Crippen molar-refractivity contribution in [2.75, 3.05) is 13.7 Å². The number of ether oxygens (including phenoxy) is 2. The summed E-state index contributed by atoms with van der Waals surface area (Å²) < 4.78 is 16.6. The van der Waals surface area contributed by atoms with Gasteiger partial charge in [-0.3, -0.25) is 0 Å². The van der Waals surface area contributed by atoms with Crippen molar-refractivity contribution in [1.29, 1.82) is 0 Å². The highest BCUT2D eigenvalue weighted by molar-refractivity contribution is 7.09. The van der Waals surface area contributed by atoms with Gasteiger partial charge in [-0.1, -0.05) is 17.3 Å². The van der Waals surface area contributed by atoms with Gasteiger partial charge in [-0.2, -0.15) is 0 Å². The fourth-order valence-electron chi connectivity index (χ4n) is 2.70. The minimum Gasteiger partial charge on any atom is -0.493 e. The van der Waals surface area contributed by atoms with Gasteiger partial charge in [-0.25, -0.2) is 0 Å². The van der Waals surface area contributed by atoms with E-state index in [9.17, 15) is 0 Å². The standard InChI is InChI=1S/C20H24N2O3S/c1-14-18(15(2)25-22-14)13-24-19-7-6-16(11-20(19)23-3)12-21-9-8-17-5-4-10-26-17/h4-7,10-11,21H,8-9,12-13H2,1-3H3. The van der Waals surface area contributed by atoms with Crippen molar-refractivity contribution < 1.29 is 14.0 Å². The summed E-state index contributed by atoms with van der Waals surface area (Å²) in [4.78, 5) is 1.40. The van der Waals surface area contributed by atoms with E-state index in [2.05, 4.69) is 34.1 Å². The summed E-state index contributed by atoms with van der Waals surface area (Å²) in [6.45, 7) is 5.97. The Bertz CT molecular complexity index is 808. The van der Waals surface area contributed by atoms with Gasteiger partial charge in [0.2, 0.25) is 0 Å². The summed E-state index contributed by atoms with van der Waals surface area (Å²) in [6, 6.07) is 10.3. The van der Waals surface area contributed by atoms with Crippen LogP contribution in [0.5, 0.6) is 11.5 Å². The molecule has 0 saturated heterocycles. The van der Waals surface area contributed by atoms with Gasteiger partial charge >= 0.3 is 0 Å². The molecule has 5 nitrogen and oxygen atoms in total. The predicted octanol–water partition coefficient (Wildman–Crippen LogP) is 4.27. The van der Waals surface area contributed by atoms with Crippen molar-refractivity contribution >= 4 is 11.3 Å². The minimum absolute atomic E-state index is 0.413. The summed E-state index contributed by atoms with van der Waals surface area (Å²) in [7, 11) is 1.66. The summed E-state index contributed by atoms with van der Waals surface area (Å²) >= 11 is 1.80. The number of nitrogens with zero attached hydrogens (tertiary/aromatic N) is 1. The topological polar surface area (TPSA) is 56.5 Å². The number of aromatic nitrogens is 1. The van der Waals surface area contributed by atoms with E-state index in [1.807, 2.05) is 26.0 Å². The summed E-state index contributed by atoms with van der Waals surface area (Å²) in [5.74, 6) is 2.23. The Balaban J connectivity index is 1.55. The molecule has 0 aliphatic carbocycles. The molecule has 138 valence electrons. The Morgan fingerprint density at radius 3 is 2.77 bits per heavy atom. The third kappa shape index (κ3) is 4.65. The third-order valence-electron chi connectivity index (χ3n) is 4.24. The lowest BCUT2D eigenvalue weighted by atomic mass is 10.2. The molecule has 0 spiro atoms. The van der Waals surface area contributed by atoms with E-state index in [0.29, 0.717) is 6.61 Å². The molecule has 0 atom stereocenters. The van der Waals surface area contributed by atoms with E-state index in [4.69, 9.17) is 14.0 Å². The first-order valence-electron chi connectivity index (χ1n) is 8.62. The van der Waals surface area contributed by atoms with Gasteiger partial charge in [-0.15, -0.1) is 11.3 Å². The molecule has 3 aromatic rings. The van der Waals surface area contributed by atoms with Crippen LogP contribution in [0, 0.1) is 13.8 Å². The summed E-state index contributed by atoms with van der Waals surface area (Å²) in [5, 5.41) is 9.53. The number of nitrogens with one attached hydrogen (secondary N) is 1. The quantitative estimate of drug-likeness (QED) is 0.568. The van der Waals surface area contributed by atoms with Crippen LogP contribution >= 0.6 is 11.3 Å². The highest BCUT2D eigenvalue weighted by Gasteiger charge is 2.12. The van der Waals surface area contributed by atoms with Gasteiger partial charge in [0.05, 0.1) is 18.4 Å². The van der Waals surface area contributed by atoms with Crippen LogP contribution in [0.3, 0.4) is 0 Å². The zero-order chi connectivity index (χ0) is 18.4. The van der Waals surface area contributed by atoms with E-state index in [1.165, 1.54) is 4.88 Å². The number of rotatable bonds is 9. The fraction of sp³-hybridized carbons (Fsp3) is 0.350. The van der Waals surface area contributed by atoms with E-state index in [0.717, 1.165) is 53.6 Å². The van der Waals surface area contributed by atoms with Crippen LogP contribution in [0.2, 0.25) is 0 Å². The van der Waals surface area contributed by atoms with Crippen molar-refractivity contribution in [2.45, 2.75) is 33.4 Å². The van der Waals surface area contributed by atoms with Crippen molar-refractivity contribution in [2.24, 2.45) is 0 Å². The molecule has 0 unspecified atom stereocenters. The second-order valence-electron chi connectivity index (χ2n) is 6.08. The van der Waals surface area contributed by atoms with Crippen LogP contribution in [0.25, 0.3) is 0 Å². The number of hydrogen-bond acceptors (Lipinski definition) is 6. The molecule has 2 heterocycles. The molecular weight excluding hydrogens is 348 g/mol. The Labute approximate surface area is 157 Å². The first kappa shape index (κ1) is 18.5. The van der Waals surface area contributed by atoms with Gasteiger partial charge in [-0.05, 0) is 49.4 Å². The fourth-order valence-corrected chi connectivity index (χ4v) is 3.41. The van der Waals surface area contributed by atoms with Crippen LogP contribution in [0.4, 0.5) is 0 Å². The van der Waals surface area contributed by atoms with Crippen molar-refractivity contribution in [3.05, 3.63) is 63.2 Å². The van der Waals surface area contributed by atoms with Crippen LogP contribution in [-0.2, 0) is 19.6 Å². The second-order valence-corrected chi connectivity index (χ2v) is 7.11. The average Bonchev–Trinajstić information content (AvgIpc) is 3.28. The highest BCUT2D eigenvalue weighted by Crippen LogP contribution is 2.29. The van der Waals surface area contributed by atoms with Crippen molar-refractivity contribution in [1.82, 2.24) is 10.5 Å². The minimum atomic E-state index is 0.413. The zero-order valence-electron chi connectivity index (χ0n) is 15.4. The maximum atomic E-state index is 5.92. The second kappa shape index (κ2) is 8.87. The molecular formula is C20H24N2O3S. The lowest BCUT2D eigenvalue weighted by Crippen LogP contribution is -2.16. The number of methoxy groups -OCH3 is 1. The zero-order valence-corrected chi connectivity index (χ0v) is 16.2. The molecule has 0 fully saturated rings. The Hall–Kier alpha value is -2.31. The van der Waals surface area contributed by atoms with E-state index >= 15 is 0 Å². The predicted molar refractivity (Wildman–Crippen MR) is 103 cm³/mol. The Morgan fingerprint density at radius 2 is 2.08 bits per heavy atom. The number of hydrogen-bond donors (Lipinski definition) is 1. The highest BCUT2D eigenvalue weighted by atomic mass is 32.1. The molecule has 0 amide bonds. The molecule has 3 rings (SSSR count). The third-order valence-corrected chi connectivity index (χ3v) is 5.17. The van der Waals surface area contributed by atoms with Crippen LogP contribution in [-0.4, -0.2) is 18.8 Å². The lowest BCUT2D eigenvalue weighted by Gasteiger charge is -2.12. The van der Waals surface area contributed by atoms with Crippen molar-refractivity contribution in [3.8, 4) is 11.5 Å². The molecule has 2 aromatic heterocycles. The summed E-state index contributed by atoms with van der Waals surface area (Å²) in [6.07, 6.45) is 1.05. The summed E-state index contributed by atoms with van der Waals surface area (Å²) in [5.41, 5.74) is 3.00. The van der Waals surface area contributed by atoms with Crippen LogP contribution < -0.4 is 14.8 Å². The smallest absolute Gasteiger partial charge is 0.161 e. The van der Waals surface area contributed by atoms with Crippen LogP contribution in [0.15, 0.2) is 40.2 Å². The molecule has 1 aromatic carbocycles. The van der Waals surface area contributed by atoms with E-state index < -0.39 is 0 Å².